The highest BCUT2D eigenvalue weighted by atomic mass is 31.2. The van der Waals surface area contributed by atoms with Crippen molar-refractivity contribution in [3.8, 4) is 0 Å². The predicted molar refractivity (Wildman–Crippen MR) is 104 cm³/mol. The van der Waals surface area contributed by atoms with Crippen LogP contribution < -0.4 is 10.8 Å². The van der Waals surface area contributed by atoms with E-state index in [0.717, 1.165) is 6.34 Å². The van der Waals surface area contributed by atoms with Gasteiger partial charge in [0.25, 0.3) is 0 Å². The second kappa shape index (κ2) is 8.53. The molecule has 1 aromatic rings. The molecule has 2 fully saturated rings. The number of aliphatic imine (C=N–C) groups is 1. The quantitative estimate of drug-likeness (QED) is 0.165. The zero-order chi connectivity index (χ0) is 22.1. The van der Waals surface area contributed by atoms with Crippen molar-refractivity contribution in [1.29, 1.82) is 5.41 Å². The summed E-state index contributed by atoms with van der Waals surface area (Å²) in [6.07, 6.45) is -0.449. The number of amidine groups is 1. The molecule has 30 heavy (non-hydrogen) atoms. The molecule has 0 aromatic carbocycles. The van der Waals surface area contributed by atoms with Crippen LogP contribution in [-0.2, 0) is 27.9 Å². The number of rotatable bonds is 7. The minimum absolute atomic E-state index is 0.00690. The van der Waals surface area contributed by atoms with Crippen LogP contribution in [0.1, 0.15) is 38.4 Å². The monoisotopic (exact) mass is 444 g/mol. The normalized spacial score (nSPS) is 34.9. The Kier molecular flexibility index (Phi) is 6.41. The van der Waals surface area contributed by atoms with Gasteiger partial charge in [0, 0.05) is 0 Å². The number of ether oxygens (including phenoxy) is 2. The van der Waals surface area contributed by atoms with E-state index in [1.807, 2.05) is 0 Å². The predicted octanol–water partition coefficient (Wildman–Crippen LogP) is -0.0223. The summed E-state index contributed by atoms with van der Waals surface area (Å²) < 4.78 is 34.6. The smallest absolute Gasteiger partial charge is 0.406 e. The number of esters is 1. The van der Waals surface area contributed by atoms with E-state index in [-0.39, 0.29) is 24.9 Å². The van der Waals surface area contributed by atoms with Gasteiger partial charge >= 0.3 is 13.7 Å². The number of aliphatic hydroxyl groups is 1. The summed E-state index contributed by atoms with van der Waals surface area (Å²) in [6, 6.07) is -0.943. The van der Waals surface area contributed by atoms with Crippen LogP contribution in [0.3, 0.4) is 0 Å². The molecule has 6 N–H and O–H groups in total. The Labute approximate surface area is 172 Å². The molecule has 13 nitrogen and oxygen atoms in total. The summed E-state index contributed by atoms with van der Waals surface area (Å²) in [6.45, 7) is 4.64. The molecule has 166 valence electrons. The van der Waals surface area contributed by atoms with E-state index in [4.69, 9.17) is 29.7 Å². The summed E-state index contributed by atoms with van der Waals surface area (Å²) in [5.41, 5.74) is 4.48. The molecule has 14 heteroatoms. The minimum atomic E-state index is -3.92. The van der Waals surface area contributed by atoms with E-state index in [9.17, 15) is 14.5 Å². The minimum Gasteiger partial charge on any atom is -0.465 e. The summed E-state index contributed by atoms with van der Waals surface area (Å²) in [5, 5.41) is 20.6. The van der Waals surface area contributed by atoms with Crippen molar-refractivity contribution in [2.75, 3.05) is 13.2 Å². The van der Waals surface area contributed by atoms with Crippen LogP contribution in [0.2, 0.25) is 0 Å². The number of nitrogens with zero attached hydrogens (tertiary/aromatic N) is 2. The summed E-state index contributed by atoms with van der Waals surface area (Å²) >= 11 is 0. The maximum Gasteiger partial charge on any atom is 0.406 e. The van der Waals surface area contributed by atoms with Crippen LogP contribution in [0.4, 0.5) is 0 Å². The lowest BCUT2D eigenvalue weighted by Crippen LogP contribution is -2.49. The van der Waals surface area contributed by atoms with Gasteiger partial charge in [-0.2, -0.15) is 0 Å². The Morgan fingerprint density at radius 2 is 2.43 bits per heavy atom. The third-order valence-corrected chi connectivity index (χ3v) is 6.43. The van der Waals surface area contributed by atoms with E-state index in [1.54, 1.807) is 6.92 Å². The molecule has 1 aromatic heterocycles. The summed E-state index contributed by atoms with van der Waals surface area (Å²) in [5.74, 6) is -0.411. The van der Waals surface area contributed by atoms with Gasteiger partial charge in [0.2, 0.25) is 0 Å². The number of carbonyl (C=O) groups is 1. The Morgan fingerprint density at radius 3 is 3.10 bits per heavy atom. The van der Waals surface area contributed by atoms with Crippen LogP contribution in [-0.4, -0.2) is 70.3 Å². The average molecular weight is 444 g/mol. The van der Waals surface area contributed by atoms with Crippen molar-refractivity contribution in [2.24, 2.45) is 10.7 Å². The first-order chi connectivity index (χ1) is 14.1. The molecule has 0 spiro atoms. The zero-order valence-corrected chi connectivity index (χ0v) is 17.6. The van der Waals surface area contributed by atoms with E-state index in [1.165, 1.54) is 20.0 Å². The van der Waals surface area contributed by atoms with Crippen molar-refractivity contribution in [2.45, 2.75) is 50.7 Å². The van der Waals surface area contributed by atoms with Crippen molar-refractivity contribution < 1.29 is 33.0 Å². The van der Waals surface area contributed by atoms with Gasteiger partial charge < -0.3 is 25.3 Å². The number of hydrogen-bond donors (Lipinski definition) is 5. The maximum absolute atomic E-state index is 13.0. The Hall–Kier alpha value is -2.15. The second-order valence-corrected chi connectivity index (χ2v) is 8.76. The number of carbonyl (C=O) groups excluding carboxylic acids is 1. The standard InChI is InChI=1S/C16H25N6O7P/c1-4-26-15(23)8(2)22-30(25)27-6-10-12(29-30)16(3,24)11(28-10)9-5-19-14(21-9)13(18)20-7-17/h5,7-8,10-12,24H,4,6H2,1-3H3,(H,19,21)(H,22,25)(H3,17,18,20)/t8-,10+,11-,12+,16-,30?/m0/s1. The average Bonchev–Trinajstić information content (AvgIpc) is 3.25. The molecule has 3 heterocycles. The van der Waals surface area contributed by atoms with Crippen LogP contribution in [0.5, 0.6) is 0 Å². The maximum atomic E-state index is 13.0. The van der Waals surface area contributed by atoms with E-state index < -0.39 is 43.7 Å². The van der Waals surface area contributed by atoms with Crippen LogP contribution in [0, 0.1) is 5.41 Å². The van der Waals surface area contributed by atoms with Crippen LogP contribution in [0.25, 0.3) is 0 Å². The Morgan fingerprint density at radius 1 is 1.70 bits per heavy atom. The van der Waals surface area contributed by atoms with Crippen LogP contribution in [0.15, 0.2) is 11.2 Å². The SMILES string of the molecule is CCOC(=O)[C@H](C)NP1(=O)OC[C@H]2O[C@@H](c3cnc(C(N)=NC=N)[nH]3)[C@](C)(O)[C@@H]2O1. The fraction of sp³-hybridized carbons (Fsp3) is 0.625. The molecule has 0 amide bonds. The van der Waals surface area contributed by atoms with Crippen LogP contribution >= 0.6 is 7.75 Å². The molecule has 0 saturated carbocycles. The van der Waals surface area contributed by atoms with Gasteiger partial charge in [0.05, 0.1) is 25.1 Å². The molecular weight excluding hydrogens is 419 g/mol. The third kappa shape index (κ3) is 4.31. The second-order valence-electron chi connectivity index (χ2n) is 7.03. The van der Waals surface area contributed by atoms with Crippen molar-refractivity contribution >= 4 is 25.9 Å². The lowest BCUT2D eigenvalue weighted by Gasteiger charge is -2.36. The molecule has 0 aliphatic carbocycles. The van der Waals surface area contributed by atoms with Gasteiger partial charge in [0.15, 0.2) is 11.7 Å². The van der Waals surface area contributed by atoms with Gasteiger partial charge in [-0.25, -0.2) is 19.6 Å². The lowest BCUT2D eigenvalue weighted by molar-refractivity contribution is -0.145. The number of imidazole rings is 1. The lowest BCUT2D eigenvalue weighted by atomic mass is 9.91. The number of aromatic nitrogens is 2. The van der Waals surface area contributed by atoms with Gasteiger partial charge in [-0.15, -0.1) is 0 Å². The first-order valence-corrected chi connectivity index (χ1v) is 10.8. The molecular formula is C16H25N6O7P. The van der Waals surface area contributed by atoms with Crippen molar-refractivity contribution in [1.82, 2.24) is 15.1 Å². The van der Waals surface area contributed by atoms with Gasteiger partial charge in [-0.05, 0) is 20.8 Å². The fourth-order valence-corrected chi connectivity index (χ4v) is 5.07. The molecule has 0 bridgehead atoms. The highest BCUT2D eigenvalue weighted by Crippen LogP contribution is 2.56. The number of hydrogen-bond acceptors (Lipinski definition) is 9. The Balaban J connectivity index is 1.76. The van der Waals surface area contributed by atoms with Gasteiger partial charge in [-0.3, -0.25) is 19.3 Å². The van der Waals surface area contributed by atoms with Gasteiger partial charge in [-0.1, -0.05) is 0 Å². The first-order valence-electron chi connectivity index (χ1n) is 9.24. The number of nitrogens with two attached hydrogens (primary N) is 1. The zero-order valence-electron chi connectivity index (χ0n) is 16.7. The molecule has 2 aliphatic rings. The number of aromatic amines is 1. The number of nitrogens with one attached hydrogen (secondary N) is 3. The topological polar surface area (TPSA) is 194 Å². The first kappa shape index (κ1) is 22.5. The largest absolute Gasteiger partial charge is 0.465 e. The summed E-state index contributed by atoms with van der Waals surface area (Å²) in [4.78, 5) is 22.4. The third-order valence-electron chi connectivity index (χ3n) is 4.73. The van der Waals surface area contributed by atoms with E-state index in [2.05, 4.69) is 20.0 Å². The molecule has 3 rings (SSSR count). The molecule has 0 radical (unpaired) electrons. The molecule has 1 unspecified atom stereocenters. The highest BCUT2D eigenvalue weighted by molar-refractivity contribution is 7.51. The number of fused-ring (bicyclic) bond motifs is 1. The number of H-pyrrole nitrogens is 1. The molecule has 2 aliphatic heterocycles. The fourth-order valence-electron chi connectivity index (χ4n) is 3.30. The van der Waals surface area contributed by atoms with Gasteiger partial charge in [0.1, 0.15) is 36.3 Å². The summed E-state index contributed by atoms with van der Waals surface area (Å²) in [7, 11) is -3.92. The van der Waals surface area contributed by atoms with Crippen molar-refractivity contribution in [3.63, 3.8) is 0 Å². The van der Waals surface area contributed by atoms with E-state index >= 15 is 0 Å². The van der Waals surface area contributed by atoms with E-state index in [0.29, 0.717) is 5.69 Å². The Bertz CT molecular complexity index is 887. The highest BCUT2D eigenvalue weighted by Gasteiger charge is 2.59. The van der Waals surface area contributed by atoms with Crippen molar-refractivity contribution in [3.05, 3.63) is 17.7 Å². The molecule has 6 atom stereocenters. The molecule has 2 saturated heterocycles.